The molecular formula is C33H35FN2O3. The number of carbonyl (C=O) groups is 1. The maximum atomic E-state index is 15.8. The summed E-state index contributed by atoms with van der Waals surface area (Å²) in [7, 11) is 0. The molecule has 1 aliphatic carbocycles. The molecule has 0 radical (unpaired) electrons. The maximum Gasteiger partial charge on any atom is 0.328 e. The summed E-state index contributed by atoms with van der Waals surface area (Å²) in [5, 5.41) is 16.7. The molecule has 0 unspecified atom stereocenters. The Morgan fingerprint density at radius 3 is 2.44 bits per heavy atom. The van der Waals surface area contributed by atoms with Crippen molar-refractivity contribution < 1.29 is 19.0 Å². The third kappa shape index (κ3) is 6.63. The largest absolute Gasteiger partial charge is 0.490 e. The Labute approximate surface area is 229 Å². The van der Waals surface area contributed by atoms with E-state index in [1.807, 2.05) is 43.3 Å². The van der Waals surface area contributed by atoms with Gasteiger partial charge < -0.3 is 21.0 Å². The Bertz CT molecular complexity index is 1400. The molecule has 1 saturated carbocycles. The fraction of sp³-hybridized carbons (Fsp3) is 0.273. The van der Waals surface area contributed by atoms with Gasteiger partial charge in [-0.15, -0.1) is 0 Å². The van der Waals surface area contributed by atoms with E-state index in [1.165, 1.54) is 6.08 Å². The van der Waals surface area contributed by atoms with Gasteiger partial charge in [0.05, 0.1) is 11.7 Å². The number of halogens is 1. The van der Waals surface area contributed by atoms with Crippen molar-refractivity contribution in [3.8, 4) is 5.75 Å². The van der Waals surface area contributed by atoms with Crippen molar-refractivity contribution in [2.45, 2.75) is 52.1 Å². The Hall–Kier alpha value is -4.19. The number of carboxylic acids is 1. The molecule has 6 heteroatoms. The third-order valence-electron chi connectivity index (χ3n) is 7.35. The van der Waals surface area contributed by atoms with Gasteiger partial charge in [0.25, 0.3) is 0 Å². The van der Waals surface area contributed by atoms with E-state index in [9.17, 15) is 4.79 Å². The maximum absolute atomic E-state index is 15.8. The van der Waals surface area contributed by atoms with Crippen LogP contribution in [0.25, 0.3) is 17.2 Å². The van der Waals surface area contributed by atoms with E-state index in [2.05, 4.69) is 6.92 Å². The predicted molar refractivity (Wildman–Crippen MR) is 157 cm³/mol. The van der Waals surface area contributed by atoms with Crippen LogP contribution in [-0.4, -0.2) is 23.4 Å². The first-order valence-corrected chi connectivity index (χ1v) is 13.4. The van der Waals surface area contributed by atoms with Crippen LogP contribution in [0.2, 0.25) is 0 Å². The number of hydrogen-bond acceptors (Lipinski definition) is 4. The number of nitrogens with one attached hydrogen (secondary N) is 1. The van der Waals surface area contributed by atoms with Gasteiger partial charge in [0.2, 0.25) is 0 Å². The molecule has 0 atom stereocenters. The zero-order chi connectivity index (χ0) is 27.9. The summed E-state index contributed by atoms with van der Waals surface area (Å²) in [5.41, 5.74) is 10.6. The number of anilines is 1. The molecular weight excluding hydrogens is 491 g/mol. The lowest BCUT2D eigenvalue weighted by molar-refractivity contribution is -0.131. The van der Waals surface area contributed by atoms with E-state index >= 15 is 4.39 Å². The Morgan fingerprint density at radius 2 is 1.79 bits per heavy atom. The van der Waals surface area contributed by atoms with Crippen molar-refractivity contribution in [3.05, 3.63) is 100 Å². The molecule has 0 aliphatic heterocycles. The standard InChI is InChI=1S/C33H35FN2O3/c1-3-27(24-5-4-6-26(19-24)39-25-14-7-21(2)8-15-25)32(28-16-17-30(36)29(20-35)33(28)34)23-12-9-22(10-13-23)11-18-31(37)38/h4-6,9-13,16-21,25,35H,3,7-8,14-15,36H2,1-2H3,(H,37,38)/b18-11+,32-27+,35-20?. The van der Waals surface area contributed by atoms with Crippen molar-refractivity contribution in [2.75, 3.05) is 5.73 Å². The second-order valence-electron chi connectivity index (χ2n) is 10.1. The summed E-state index contributed by atoms with van der Waals surface area (Å²) in [6.07, 6.45) is 8.76. The number of carboxylic acid groups (broad SMARTS) is 1. The quantitative estimate of drug-likeness (QED) is 0.115. The highest BCUT2D eigenvalue weighted by molar-refractivity contribution is 6.00. The van der Waals surface area contributed by atoms with Gasteiger partial charge in [-0.2, -0.15) is 0 Å². The monoisotopic (exact) mass is 526 g/mol. The van der Waals surface area contributed by atoms with Crippen molar-refractivity contribution in [3.63, 3.8) is 0 Å². The molecule has 3 aromatic rings. The molecule has 0 amide bonds. The van der Waals surface area contributed by atoms with Gasteiger partial charge in [0, 0.05) is 23.5 Å². The number of nitrogen functional groups attached to an aromatic ring is 1. The van der Waals surface area contributed by atoms with E-state index in [0.717, 1.165) is 66.3 Å². The van der Waals surface area contributed by atoms with Crippen LogP contribution in [0.5, 0.6) is 5.75 Å². The normalized spacial score (nSPS) is 18.0. The Balaban J connectivity index is 1.84. The zero-order valence-electron chi connectivity index (χ0n) is 22.4. The van der Waals surface area contributed by atoms with E-state index in [1.54, 1.807) is 24.3 Å². The van der Waals surface area contributed by atoms with Crippen molar-refractivity contribution in [1.29, 1.82) is 5.41 Å². The number of allylic oxidation sites excluding steroid dienone is 1. The van der Waals surface area contributed by atoms with Gasteiger partial charge >= 0.3 is 5.97 Å². The van der Waals surface area contributed by atoms with Gasteiger partial charge in [0.15, 0.2) is 0 Å². The van der Waals surface area contributed by atoms with Crippen LogP contribution in [0.4, 0.5) is 10.1 Å². The first-order valence-electron chi connectivity index (χ1n) is 13.4. The lowest BCUT2D eigenvalue weighted by Gasteiger charge is -2.27. The first-order chi connectivity index (χ1) is 18.8. The fourth-order valence-corrected chi connectivity index (χ4v) is 5.19. The summed E-state index contributed by atoms with van der Waals surface area (Å²) < 4.78 is 22.2. The van der Waals surface area contributed by atoms with Crippen molar-refractivity contribution in [1.82, 2.24) is 0 Å². The second kappa shape index (κ2) is 12.6. The molecule has 0 spiro atoms. The van der Waals surface area contributed by atoms with Gasteiger partial charge in [-0.1, -0.05) is 50.2 Å². The molecule has 4 N–H and O–H groups in total. The highest BCUT2D eigenvalue weighted by Crippen LogP contribution is 2.38. The minimum absolute atomic E-state index is 0.0464. The van der Waals surface area contributed by atoms with Crippen LogP contribution < -0.4 is 10.5 Å². The molecule has 0 saturated heterocycles. The molecule has 1 aliphatic rings. The highest BCUT2D eigenvalue weighted by Gasteiger charge is 2.22. The molecule has 202 valence electrons. The van der Waals surface area contributed by atoms with Gasteiger partial charge in [0.1, 0.15) is 11.6 Å². The smallest absolute Gasteiger partial charge is 0.328 e. The van der Waals surface area contributed by atoms with Crippen LogP contribution >= 0.6 is 0 Å². The average molecular weight is 527 g/mol. The van der Waals surface area contributed by atoms with Gasteiger partial charge in [-0.25, -0.2) is 9.18 Å². The molecule has 5 nitrogen and oxygen atoms in total. The van der Waals surface area contributed by atoms with Gasteiger partial charge in [-0.3, -0.25) is 0 Å². The van der Waals surface area contributed by atoms with Crippen LogP contribution in [0.3, 0.4) is 0 Å². The molecule has 4 rings (SSSR count). The van der Waals surface area contributed by atoms with Crippen molar-refractivity contribution >= 4 is 35.1 Å². The molecule has 39 heavy (non-hydrogen) atoms. The lowest BCUT2D eigenvalue weighted by atomic mass is 9.86. The Kier molecular flexibility index (Phi) is 8.97. The van der Waals surface area contributed by atoms with Crippen LogP contribution in [0.1, 0.15) is 73.8 Å². The lowest BCUT2D eigenvalue weighted by Crippen LogP contribution is -2.23. The zero-order valence-corrected chi connectivity index (χ0v) is 22.4. The highest BCUT2D eigenvalue weighted by atomic mass is 19.1. The first kappa shape index (κ1) is 27.8. The second-order valence-corrected chi connectivity index (χ2v) is 10.1. The number of benzene rings is 3. The number of ether oxygens (including phenoxy) is 1. The molecule has 3 aromatic carbocycles. The predicted octanol–water partition coefficient (Wildman–Crippen LogP) is 7.83. The van der Waals surface area contributed by atoms with Gasteiger partial charge in [-0.05, 0) is 96.2 Å². The molecule has 1 fully saturated rings. The van der Waals surface area contributed by atoms with E-state index in [0.29, 0.717) is 23.1 Å². The number of hydrogen-bond donors (Lipinski definition) is 3. The minimum Gasteiger partial charge on any atom is -0.490 e. The molecule has 0 aromatic heterocycles. The summed E-state index contributed by atoms with van der Waals surface area (Å²) in [4.78, 5) is 10.9. The fourth-order valence-electron chi connectivity index (χ4n) is 5.19. The number of rotatable bonds is 9. The SMILES string of the molecule is CC/C(=C(/c1ccc(/C=C/C(=O)O)cc1)c1ccc(N)c(C=N)c1F)c1cccc(OC2CCC(C)CC2)c1. The number of aliphatic carboxylic acids is 1. The van der Waals surface area contributed by atoms with E-state index in [4.69, 9.17) is 21.0 Å². The average Bonchev–Trinajstić information content (AvgIpc) is 2.93. The number of nitrogens with two attached hydrogens (primary N) is 1. The van der Waals surface area contributed by atoms with Crippen LogP contribution in [0, 0.1) is 17.1 Å². The topological polar surface area (TPSA) is 96.4 Å². The van der Waals surface area contributed by atoms with Crippen molar-refractivity contribution in [2.24, 2.45) is 5.92 Å². The summed E-state index contributed by atoms with van der Waals surface area (Å²) in [5.74, 6) is -0.0464. The summed E-state index contributed by atoms with van der Waals surface area (Å²) in [6, 6.07) is 18.6. The third-order valence-corrected chi connectivity index (χ3v) is 7.35. The molecule has 0 heterocycles. The minimum atomic E-state index is -1.03. The molecule has 0 bridgehead atoms. The van der Waals surface area contributed by atoms with E-state index in [-0.39, 0.29) is 17.4 Å². The summed E-state index contributed by atoms with van der Waals surface area (Å²) in [6.45, 7) is 4.31. The summed E-state index contributed by atoms with van der Waals surface area (Å²) >= 11 is 0. The van der Waals surface area contributed by atoms with E-state index < -0.39 is 11.8 Å². The Morgan fingerprint density at radius 1 is 1.08 bits per heavy atom. The van der Waals surface area contributed by atoms with Crippen LogP contribution in [-0.2, 0) is 4.79 Å². The van der Waals surface area contributed by atoms with Crippen LogP contribution in [0.15, 0.2) is 66.7 Å².